The summed E-state index contributed by atoms with van der Waals surface area (Å²) in [4.78, 5) is 5.00. The summed E-state index contributed by atoms with van der Waals surface area (Å²) >= 11 is 5.05. The molecular formula is C16H27N3OS. The standard InChI is InChI=1S/C16H27N3OS/c1-4-9-19(11-10-18(2)3)12-13-20-15-8-6-5-7-14(15)16(17)21/h5-8H,4,9-13H2,1-3H3,(H2,17,21). The Bertz CT molecular complexity index is 437. The number of para-hydroxylation sites is 1. The molecule has 1 aromatic carbocycles. The number of rotatable bonds is 10. The van der Waals surface area contributed by atoms with E-state index in [9.17, 15) is 0 Å². The van der Waals surface area contributed by atoms with Gasteiger partial charge in [0.05, 0.1) is 5.56 Å². The second kappa shape index (κ2) is 9.71. The zero-order chi connectivity index (χ0) is 15.7. The highest BCUT2D eigenvalue weighted by atomic mass is 32.1. The highest BCUT2D eigenvalue weighted by molar-refractivity contribution is 7.80. The summed E-state index contributed by atoms with van der Waals surface area (Å²) < 4.78 is 5.86. The van der Waals surface area contributed by atoms with Gasteiger partial charge in [-0.3, -0.25) is 4.90 Å². The van der Waals surface area contributed by atoms with Crippen molar-refractivity contribution in [2.24, 2.45) is 5.73 Å². The predicted molar refractivity (Wildman–Crippen MR) is 93.1 cm³/mol. The molecule has 0 aliphatic carbocycles. The molecule has 5 heteroatoms. The van der Waals surface area contributed by atoms with Crippen molar-refractivity contribution in [3.8, 4) is 5.75 Å². The number of nitrogens with two attached hydrogens (primary N) is 1. The van der Waals surface area contributed by atoms with E-state index in [0.717, 1.165) is 43.9 Å². The first kappa shape index (κ1) is 17.9. The number of benzene rings is 1. The molecule has 0 amide bonds. The molecule has 0 bridgehead atoms. The molecule has 0 saturated heterocycles. The summed E-state index contributed by atoms with van der Waals surface area (Å²) in [5.41, 5.74) is 6.52. The van der Waals surface area contributed by atoms with Crippen molar-refractivity contribution in [2.75, 3.05) is 46.9 Å². The Morgan fingerprint density at radius 2 is 1.86 bits per heavy atom. The monoisotopic (exact) mass is 309 g/mol. The van der Waals surface area contributed by atoms with Gasteiger partial charge in [-0.05, 0) is 39.2 Å². The van der Waals surface area contributed by atoms with E-state index in [1.165, 1.54) is 0 Å². The molecule has 0 radical (unpaired) electrons. The fourth-order valence-electron chi connectivity index (χ4n) is 2.07. The van der Waals surface area contributed by atoms with Crippen LogP contribution in [0.15, 0.2) is 24.3 Å². The Labute approximate surface area is 133 Å². The van der Waals surface area contributed by atoms with Crippen LogP contribution in [-0.2, 0) is 0 Å². The molecule has 0 fully saturated rings. The minimum Gasteiger partial charge on any atom is -0.492 e. The van der Waals surface area contributed by atoms with E-state index < -0.39 is 0 Å². The van der Waals surface area contributed by atoms with Crippen LogP contribution < -0.4 is 10.5 Å². The smallest absolute Gasteiger partial charge is 0.129 e. The summed E-state index contributed by atoms with van der Waals surface area (Å²) in [5.74, 6) is 0.772. The van der Waals surface area contributed by atoms with E-state index in [-0.39, 0.29) is 0 Å². The fourth-order valence-corrected chi connectivity index (χ4v) is 2.24. The maximum absolute atomic E-state index is 5.86. The lowest BCUT2D eigenvalue weighted by Crippen LogP contribution is -2.35. The minimum atomic E-state index is 0.378. The predicted octanol–water partition coefficient (Wildman–Crippen LogP) is 1.97. The van der Waals surface area contributed by atoms with Crippen molar-refractivity contribution in [1.29, 1.82) is 0 Å². The van der Waals surface area contributed by atoms with Crippen molar-refractivity contribution in [2.45, 2.75) is 13.3 Å². The summed E-state index contributed by atoms with van der Waals surface area (Å²) in [6, 6.07) is 7.67. The largest absolute Gasteiger partial charge is 0.492 e. The normalized spacial score (nSPS) is 11.1. The molecule has 0 spiro atoms. The Hall–Kier alpha value is -1.17. The third-order valence-electron chi connectivity index (χ3n) is 3.22. The minimum absolute atomic E-state index is 0.378. The van der Waals surface area contributed by atoms with Crippen LogP contribution in [0.1, 0.15) is 18.9 Å². The van der Waals surface area contributed by atoms with Crippen LogP contribution in [0.4, 0.5) is 0 Å². The quantitative estimate of drug-likeness (QED) is 0.669. The van der Waals surface area contributed by atoms with E-state index in [1.807, 2.05) is 24.3 Å². The SMILES string of the molecule is CCCN(CCOc1ccccc1C(N)=S)CCN(C)C. The van der Waals surface area contributed by atoms with Crippen LogP contribution in [0.3, 0.4) is 0 Å². The number of thiocarbonyl (C=S) groups is 1. The Morgan fingerprint density at radius 1 is 1.14 bits per heavy atom. The third kappa shape index (κ3) is 6.89. The maximum atomic E-state index is 5.86. The number of likely N-dealkylation sites (N-methyl/N-ethyl adjacent to an activating group) is 1. The van der Waals surface area contributed by atoms with Crippen LogP contribution >= 0.6 is 12.2 Å². The molecule has 0 aromatic heterocycles. The zero-order valence-electron chi connectivity index (χ0n) is 13.3. The van der Waals surface area contributed by atoms with Crippen molar-refractivity contribution in [1.82, 2.24) is 9.80 Å². The Kier molecular flexibility index (Phi) is 8.27. The second-order valence-electron chi connectivity index (χ2n) is 5.35. The fraction of sp³-hybridized carbons (Fsp3) is 0.562. The Morgan fingerprint density at radius 3 is 2.48 bits per heavy atom. The maximum Gasteiger partial charge on any atom is 0.129 e. The van der Waals surface area contributed by atoms with Gasteiger partial charge in [-0.25, -0.2) is 0 Å². The average Bonchev–Trinajstić information content (AvgIpc) is 2.45. The number of nitrogens with zero attached hydrogens (tertiary/aromatic N) is 2. The molecule has 0 unspecified atom stereocenters. The average molecular weight is 309 g/mol. The molecule has 0 aliphatic heterocycles. The number of hydrogen-bond donors (Lipinski definition) is 1. The van der Waals surface area contributed by atoms with E-state index in [1.54, 1.807) is 0 Å². The molecule has 2 N–H and O–H groups in total. The lowest BCUT2D eigenvalue weighted by molar-refractivity contribution is 0.194. The molecule has 21 heavy (non-hydrogen) atoms. The Balaban J connectivity index is 2.48. The van der Waals surface area contributed by atoms with Gasteiger partial charge in [-0.15, -0.1) is 0 Å². The lowest BCUT2D eigenvalue weighted by Gasteiger charge is -2.23. The molecule has 0 atom stereocenters. The highest BCUT2D eigenvalue weighted by Gasteiger charge is 2.08. The van der Waals surface area contributed by atoms with Gasteiger partial charge in [0.25, 0.3) is 0 Å². The van der Waals surface area contributed by atoms with E-state index >= 15 is 0 Å². The van der Waals surface area contributed by atoms with Crippen molar-refractivity contribution in [3.05, 3.63) is 29.8 Å². The topological polar surface area (TPSA) is 41.7 Å². The molecule has 4 nitrogen and oxygen atoms in total. The summed E-state index contributed by atoms with van der Waals surface area (Å²) in [6.45, 7) is 6.96. The van der Waals surface area contributed by atoms with Crippen LogP contribution in [0.5, 0.6) is 5.75 Å². The summed E-state index contributed by atoms with van der Waals surface area (Å²) in [6.07, 6.45) is 1.15. The first-order valence-electron chi connectivity index (χ1n) is 7.43. The van der Waals surface area contributed by atoms with E-state index in [2.05, 4.69) is 30.8 Å². The van der Waals surface area contributed by atoms with Crippen LogP contribution in [-0.4, -0.2) is 61.7 Å². The van der Waals surface area contributed by atoms with Crippen molar-refractivity contribution < 1.29 is 4.74 Å². The van der Waals surface area contributed by atoms with Gasteiger partial charge < -0.3 is 15.4 Å². The first-order chi connectivity index (χ1) is 10.0. The van der Waals surface area contributed by atoms with E-state index in [4.69, 9.17) is 22.7 Å². The van der Waals surface area contributed by atoms with Crippen molar-refractivity contribution >= 4 is 17.2 Å². The molecular weight excluding hydrogens is 282 g/mol. The number of ether oxygens (including phenoxy) is 1. The van der Waals surface area contributed by atoms with Crippen LogP contribution in [0.25, 0.3) is 0 Å². The molecule has 0 aliphatic rings. The first-order valence-corrected chi connectivity index (χ1v) is 7.84. The van der Waals surface area contributed by atoms with Crippen LogP contribution in [0.2, 0.25) is 0 Å². The van der Waals surface area contributed by atoms with Gasteiger partial charge in [0, 0.05) is 19.6 Å². The summed E-state index contributed by atoms with van der Waals surface area (Å²) in [5, 5.41) is 0. The lowest BCUT2D eigenvalue weighted by atomic mass is 10.2. The van der Waals surface area contributed by atoms with Gasteiger partial charge >= 0.3 is 0 Å². The van der Waals surface area contributed by atoms with Gasteiger partial charge in [0.2, 0.25) is 0 Å². The third-order valence-corrected chi connectivity index (χ3v) is 3.44. The van der Waals surface area contributed by atoms with Crippen molar-refractivity contribution in [3.63, 3.8) is 0 Å². The number of hydrogen-bond acceptors (Lipinski definition) is 4. The van der Waals surface area contributed by atoms with Gasteiger partial charge in [0.1, 0.15) is 17.3 Å². The molecule has 1 rings (SSSR count). The zero-order valence-corrected chi connectivity index (χ0v) is 14.2. The summed E-state index contributed by atoms with van der Waals surface area (Å²) in [7, 11) is 4.19. The van der Waals surface area contributed by atoms with E-state index in [0.29, 0.717) is 11.6 Å². The van der Waals surface area contributed by atoms with Gasteiger partial charge in [-0.1, -0.05) is 31.3 Å². The second-order valence-corrected chi connectivity index (χ2v) is 5.79. The molecule has 1 aromatic rings. The molecule has 0 heterocycles. The van der Waals surface area contributed by atoms with Gasteiger partial charge in [0.15, 0.2) is 0 Å². The molecule has 0 saturated carbocycles. The van der Waals surface area contributed by atoms with Gasteiger partial charge in [-0.2, -0.15) is 0 Å². The van der Waals surface area contributed by atoms with Crippen LogP contribution in [0, 0.1) is 0 Å². The molecule has 118 valence electrons. The highest BCUT2D eigenvalue weighted by Crippen LogP contribution is 2.17.